The maximum Gasteiger partial charge on any atom is 0.258 e. The van der Waals surface area contributed by atoms with Gasteiger partial charge in [-0.2, -0.15) is 0 Å². The van der Waals surface area contributed by atoms with E-state index in [9.17, 15) is 9.90 Å². The van der Waals surface area contributed by atoms with Crippen LogP contribution in [-0.2, 0) is 11.3 Å². The summed E-state index contributed by atoms with van der Waals surface area (Å²) in [6, 6.07) is 17.3. The van der Waals surface area contributed by atoms with Crippen LogP contribution in [0.5, 0.6) is 11.5 Å². The van der Waals surface area contributed by atoms with Crippen molar-refractivity contribution in [3.63, 3.8) is 0 Å². The van der Waals surface area contributed by atoms with E-state index in [1.54, 1.807) is 18.2 Å². The molecule has 0 aliphatic carbocycles. The van der Waals surface area contributed by atoms with Crippen molar-refractivity contribution in [3.05, 3.63) is 60.2 Å². The highest BCUT2D eigenvalue weighted by Gasteiger charge is 2.20. The summed E-state index contributed by atoms with van der Waals surface area (Å²) >= 11 is 0. The molecule has 0 bridgehead atoms. The normalized spacial score (nSPS) is 15.7. The molecule has 1 amide bonds. The molecule has 1 aliphatic rings. The number of aromatic hydroxyl groups is 1. The second-order valence-corrected chi connectivity index (χ2v) is 6.36. The van der Waals surface area contributed by atoms with Gasteiger partial charge in [-0.05, 0) is 30.5 Å². The second kappa shape index (κ2) is 8.53. The van der Waals surface area contributed by atoms with Gasteiger partial charge in [-0.1, -0.05) is 42.5 Å². The molecule has 2 aromatic rings. The lowest BCUT2D eigenvalue weighted by Gasteiger charge is -2.32. The van der Waals surface area contributed by atoms with Gasteiger partial charge in [0.05, 0.1) is 0 Å². The van der Waals surface area contributed by atoms with Crippen LogP contribution in [0.2, 0.25) is 0 Å². The average Bonchev–Trinajstić information content (AvgIpc) is 2.64. The van der Waals surface area contributed by atoms with E-state index in [4.69, 9.17) is 4.74 Å². The lowest BCUT2D eigenvalue weighted by Crippen LogP contribution is -2.45. The molecule has 5 heteroatoms. The third-order valence-corrected chi connectivity index (χ3v) is 4.43. The minimum absolute atomic E-state index is 0.0459. The summed E-state index contributed by atoms with van der Waals surface area (Å²) in [5, 5.41) is 12.7. The van der Waals surface area contributed by atoms with Crippen molar-refractivity contribution in [2.75, 3.05) is 19.7 Å². The van der Waals surface area contributed by atoms with Gasteiger partial charge < -0.3 is 15.2 Å². The van der Waals surface area contributed by atoms with E-state index in [0.717, 1.165) is 32.5 Å². The molecule has 132 valence electrons. The maximum absolute atomic E-state index is 12.0. The van der Waals surface area contributed by atoms with Crippen molar-refractivity contribution < 1.29 is 14.6 Å². The molecule has 1 fully saturated rings. The number of phenols is 1. The van der Waals surface area contributed by atoms with Crippen LogP contribution < -0.4 is 10.1 Å². The van der Waals surface area contributed by atoms with Gasteiger partial charge in [0.15, 0.2) is 18.1 Å². The van der Waals surface area contributed by atoms with Crippen LogP contribution in [0, 0.1) is 0 Å². The Morgan fingerprint density at radius 3 is 2.48 bits per heavy atom. The SMILES string of the molecule is O=C(COc1ccccc1O)NC1CCN(Cc2ccccc2)CC1. The Kier molecular flexibility index (Phi) is 5.90. The van der Waals surface area contributed by atoms with Gasteiger partial charge >= 0.3 is 0 Å². The third kappa shape index (κ3) is 5.22. The Balaban J connectivity index is 1.38. The Hall–Kier alpha value is -2.53. The average molecular weight is 340 g/mol. The molecule has 25 heavy (non-hydrogen) atoms. The van der Waals surface area contributed by atoms with Crippen LogP contribution in [0.3, 0.4) is 0 Å². The summed E-state index contributed by atoms with van der Waals surface area (Å²) in [6.07, 6.45) is 1.88. The molecule has 2 aromatic carbocycles. The lowest BCUT2D eigenvalue weighted by atomic mass is 10.0. The quantitative estimate of drug-likeness (QED) is 0.848. The number of nitrogens with one attached hydrogen (secondary N) is 1. The molecule has 5 nitrogen and oxygen atoms in total. The van der Waals surface area contributed by atoms with Gasteiger partial charge in [-0.15, -0.1) is 0 Å². The first-order valence-corrected chi connectivity index (χ1v) is 8.67. The van der Waals surface area contributed by atoms with Crippen LogP contribution in [0.25, 0.3) is 0 Å². The van der Waals surface area contributed by atoms with Crippen molar-refractivity contribution in [1.82, 2.24) is 10.2 Å². The van der Waals surface area contributed by atoms with Crippen LogP contribution in [0.15, 0.2) is 54.6 Å². The Bertz CT molecular complexity index is 682. The summed E-state index contributed by atoms with van der Waals surface area (Å²) in [7, 11) is 0. The number of hydrogen-bond donors (Lipinski definition) is 2. The van der Waals surface area contributed by atoms with Gasteiger partial charge in [-0.3, -0.25) is 9.69 Å². The summed E-state index contributed by atoms with van der Waals surface area (Å²) in [5.41, 5.74) is 1.32. The number of benzene rings is 2. The molecule has 2 N–H and O–H groups in total. The standard InChI is InChI=1S/C20H24N2O3/c23-18-8-4-5-9-19(18)25-15-20(24)21-17-10-12-22(13-11-17)14-16-6-2-1-3-7-16/h1-9,17,23H,10-15H2,(H,21,24). The molecule has 0 unspecified atom stereocenters. The highest BCUT2D eigenvalue weighted by atomic mass is 16.5. The Labute approximate surface area is 148 Å². The first kappa shape index (κ1) is 17.3. The van der Waals surface area contributed by atoms with Crippen LogP contribution in [0.4, 0.5) is 0 Å². The molecule has 0 atom stereocenters. The zero-order valence-corrected chi connectivity index (χ0v) is 14.2. The summed E-state index contributed by atoms with van der Waals surface area (Å²) < 4.78 is 5.37. The molecule has 1 aliphatic heterocycles. The molecule has 0 aromatic heterocycles. The Morgan fingerprint density at radius 2 is 1.76 bits per heavy atom. The monoisotopic (exact) mass is 340 g/mol. The van der Waals surface area contributed by atoms with E-state index in [1.807, 2.05) is 6.07 Å². The first-order valence-electron chi connectivity index (χ1n) is 8.67. The van der Waals surface area contributed by atoms with E-state index in [1.165, 1.54) is 11.6 Å². The van der Waals surface area contributed by atoms with E-state index in [2.05, 4.69) is 34.5 Å². The molecule has 3 rings (SSSR count). The lowest BCUT2D eigenvalue weighted by molar-refractivity contribution is -0.124. The fourth-order valence-corrected chi connectivity index (χ4v) is 3.07. The van der Waals surface area contributed by atoms with E-state index in [0.29, 0.717) is 5.75 Å². The fraction of sp³-hybridized carbons (Fsp3) is 0.350. The number of carbonyl (C=O) groups is 1. The van der Waals surface area contributed by atoms with Crippen molar-refractivity contribution >= 4 is 5.91 Å². The van der Waals surface area contributed by atoms with Gasteiger partial charge in [0, 0.05) is 25.7 Å². The number of likely N-dealkylation sites (tertiary alicyclic amines) is 1. The number of carbonyl (C=O) groups excluding carboxylic acids is 1. The van der Waals surface area contributed by atoms with E-state index < -0.39 is 0 Å². The number of piperidine rings is 1. The highest BCUT2D eigenvalue weighted by molar-refractivity contribution is 5.77. The highest BCUT2D eigenvalue weighted by Crippen LogP contribution is 2.24. The smallest absolute Gasteiger partial charge is 0.258 e. The van der Waals surface area contributed by atoms with E-state index in [-0.39, 0.29) is 24.3 Å². The van der Waals surface area contributed by atoms with Crippen molar-refractivity contribution in [2.45, 2.75) is 25.4 Å². The molecule has 0 radical (unpaired) electrons. The third-order valence-electron chi connectivity index (χ3n) is 4.43. The molecule has 1 saturated heterocycles. The van der Waals surface area contributed by atoms with Gasteiger partial charge in [0.2, 0.25) is 0 Å². The summed E-state index contributed by atoms with van der Waals surface area (Å²) in [6.45, 7) is 2.82. The van der Waals surface area contributed by atoms with Crippen molar-refractivity contribution in [2.24, 2.45) is 0 Å². The first-order chi connectivity index (χ1) is 12.2. The second-order valence-electron chi connectivity index (χ2n) is 6.36. The largest absolute Gasteiger partial charge is 0.504 e. The topological polar surface area (TPSA) is 61.8 Å². The van der Waals surface area contributed by atoms with Gasteiger partial charge in [0.1, 0.15) is 0 Å². The fourth-order valence-electron chi connectivity index (χ4n) is 3.07. The van der Waals surface area contributed by atoms with Crippen molar-refractivity contribution in [3.8, 4) is 11.5 Å². The predicted molar refractivity (Wildman–Crippen MR) is 96.5 cm³/mol. The van der Waals surface area contributed by atoms with Crippen LogP contribution >= 0.6 is 0 Å². The molecular formula is C20H24N2O3. The van der Waals surface area contributed by atoms with Gasteiger partial charge in [0.25, 0.3) is 5.91 Å². The van der Waals surface area contributed by atoms with Gasteiger partial charge in [-0.25, -0.2) is 0 Å². The molecule has 1 heterocycles. The molecular weight excluding hydrogens is 316 g/mol. The zero-order valence-electron chi connectivity index (χ0n) is 14.2. The zero-order chi connectivity index (χ0) is 17.5. The number of amides is 1. The summed E-state index contributed by atoms with van der Waals surface area (Å²) in [5.74, 6) is 0.226. The van der Waals surface area contributed by atoms with Crippen LogP contribution in [-0.4, -0.2) is 41.7 Å². The molecule has 0 saturated carbocycles. The minimum Gasteiger partial charge on any atom is -0.504 e. The van der Waals surface area contributed by atoms with Crippen molar-refractivity contribution in [1.29, 1.82) is 0 Å². The number of rotatable bonds is 6. The Morgan fingerprint density at radius 1 is 1.08 bits per heavy atom. The van der Waals surface area contributed by atoms with E-state index >= 15 is 0 Å². The minimum atomic E-state index is -0.148. The maximum atomic E-state index is 12.0. The molecule has 0 spiro atoms. The predicted octanol–water partition coefficient (Wildman–Crippen LogP) is 2.55. The number of ether oxygens (including phenoxy) is 1. The number of nitrogens with zero attached hydrogens (tertiary/aromatic N) is 1. The summed E-state index contributed by atoms with van der Waals surface area (Å²) in [4.78, 5) is 14.5. The van der Waals surface area contributed by atoms with Crippen LogP contribution in [0.1, 0.15) is 18.4 Å². The number of para-hydroxylation sites is 2. The number of phenolic OH excluding ortho intramolecular Hbond substituents is 1. The number of hydrogen-bond acceptors (Lipinski definition) is 4.